The molecular formula is C27H36F2N2. The Bertz CT molecular complexity index is 785. The lowest BCUT2D eigenvalue weighted by atomic mass is 9.82. The van der Waals surface area contributed by atoms with E-state index in [4.69, 9.17) is 5.26 Å². The van der Waals surface area contributed by atoms with Gasteiger partial charge in [0, 0.05) is 19.5 Å². The quantitative estimate of drug-likeness (QED) is 0.454. The fourth-order valence-corrected chi connectivity index (χ4v) is 4.29. The molecule has 1 aliphatic rings. The van der Waals surface area contributed by atoms with Crippen LogP contribution in [0, 0.1) is 11.3 Å². The lowest BCUT2D eigenvalue weighted by molar-refractivity contribution is 0.108. The maximum Gasteiger partial charge on any atom is 0.132 e. The molecule has 0 aromatic heterocycles. The van der Waals surface area contributed by atoms with Crippen LogP contribution >= 0.6 is 0 Å². The first-order valence-corrected chi connectivity index (χ1v) is 11.4. The summed E-state index contributed by atoms with van der Waals surface area (Å²) in [4.78, 5) is 2.51. The number of nitrogens with zero attached hydrogens (tertiary/aromatic N) is 2. The van der Waals surface area contributed by atoms with Crippen molar-refractivity contribution in [3.63, 3.8) is 0 Å². The summed E-state index contributed by atoms with van der Waals surface area (Å²) < 4.78 is 27.0. The zero-order chi connectivity index (χ0) is 22.6. The van der Waals surface area contributed by atoms with E-state index in [1.807, 2.05) is 0 Å². The number of hydrogen-bond donors (Lipinski definition) is 0. The minimum Gasteiger partial charge on any atom is -0.297 e. The van der Waals surface area contributed by atoms with Gasteiger partial charge in [0.2, 0.25) is 0 Å². The van der Waals surface area contributed by atoms with E-state index in [9.17, 15) is 8.78 Å². The van der Waals surface area contributed by atoms with Crippen LogP contribution in [0.3, 0.4) is 0 Å². The fourth-order valence-electron chi connectivity index (χ4n) is 4.29. The first-order valence-electron chi connectivity index (χ1n) is 11.4. The molecule has 2 aromatic rings. The Hall–Kier alpha value is -2.25. The monoisotopic (exact) mass is 426 g/mol. The van der Waals surface area contributed by atoms with Crippen LogP contribution in [0.2, 0.25) is 0 Å². The first kappa shape index (κ1) is 25.0. The zero-order valence-electron chi connectivity index (χ0n) is 19.1. The third-order valence-corrected chi connectivity index (χ3v) is 6.25. The van der Waals surface area contributed by atoms with Crippen molar-refractivity contribution in [2.45, 2.75) is 83.7 Å². The van der Waals surface area contributed by atoms with E-state index in [-0.39, 0.29) is 5.92 Å². The number of alkyl halides is 2. The van der Waals surface area contributed by atoms with Crippen molar-refractivity contribution in [1.29, 1.82) is 5.26 Å². The Labute approximate surface area is 186 Å². The molecule has 0 heterocycles. The van der Waals surface area contributed by atoms with Gasteiger partial charge in [-0.1, -0.05) is 61.5 Å². The van der Waals surface area contributed by atoms with Crippen molar-refractivity contribution in [1.82, 2.24) is 4.90 Å². The third kappa shape index (κ3) is 8.07. The SMILES string of the molecule is CC#N.CCN(Cc1ccccc1)C(C)CCc1ccc(C2CCC(F)C(F)C2)cc1. The maximum absolute atomic E-state index is 13.7. The average Bonchev–Trinajstić information content (AvgIpc) is 2.79. The summed E-state index contributed by atoms with van der Waals surface area (Å²) in [6.07, 6.45) is 0.998. The van der Waals surface area contributed by atoms with Gasteiger partial charge in [0.1, 0.15) is 12.3 Å². The molecule has 0 radical (unpaired) electrons. The molecule has 3 rings (SSSR count). The van der Waals surface area contributed by atoms with E-state index in [1.165, 1.54) is 18.1 Å². The molecule has 0 aliphatic heterocycles. The van der Waals surface area contributed by atoms with Crippen LogP contribution in [0.15, 0.2) is 54.6 Å². The molecule has 4 atom stereocenters. The number of rotatable bonds is 8. The van der Waals surface area contributed by atoms with E-state index < -0.39 is 12.3 Å². The second-order valence-electron chi connectivity index (χ2n) is 8.44. The Morgan fingerprint density at radius 3 is 2.23 bits per heavy atom. The Kier molecular flexibility index (Phi) is 10.7. The predicted molar refractivity (Wildman–Crippen MR) is 124 cm³/mol. The summed E-state index contributed by atoms with van der Waals surface area (Å²) in [5.41, 5.74) is 3.84. The van der Waals surface area contributed by atoms with Crippen LogP contribution in [0.25, 0.3) is 0 Å². The van der Waals surface area contributed by atoms with Crippen molar-refractivity contribution in [2.75, 3.05) is 6.54 Å². The topological polar surface area (TPSA) is 27.0 Å². The molecule has 4 unspecified atom stereocenters. The molecule has 0 N–H and O–H groups in total. The molecule has 0 bridgehead atoms. The van der Waals surface area contributed by atoms with E-state index in [0.717, 1.165) is 37.9 Å². The number of benzene rings is 2. The van der Waals surface area contributed by atoms with Crippen molar-refractivity contribution >= 4 is 0 Å². The highest BCUT2D eigenvalue weighted by Gasteiger charge is 2.31. The molecule has 2 aromatic carbocycles. The third-order valence-electron chi connectivity index (χ3n) is 6.25. The number of halogens is 2. The van der Waals surface area contributed by atoms with Gasteiger partial charge in [-0.2, -0.15) is 5.26 Å². The molecule has 0 saturated heterocycles. The molecule has 2 nitrogen and oxygen atoms in total. The minimum absolute atomic E-state index is 0.163. The van der Waals surface area contributed by atoms with Gasteiger partial charge in [-0.15, -0.1) is 0 Å². The number of nitriles is 1. The van der Waals surface area contributed by atoms with Gasteiger partial charge in [-0.3, -0.25) is 4.90 Å². The van der Waals surface area contributed by atoms with Crippen LogP contribution in [0.4, 0.5) is 8.78 Å². The molecule has 0 amide bonds. The number of aryl methyl sites for hydroxylation is 1. The lowest BCUT2D eigenvalue weighted by Gasteiger charge is -2.28. The Balaban J connectivity index is 0.00000107. The highest BCUT2D eigenvalue weighted by atomic mass is 19.2. The van der Waals surface area contributed by atoms with Crippen molar-refractivity contribution < 1.29 is 8.78 Å². The molecular weight excluding hydrogens is 390 g/mol. The van der Waals surface area contributed by atoms with Crippen LogP contribution in [-0.2, 0) is 13.0 Å². The first-order chi connectivity index (χ1) is 15.0. The molecule has 4 heteroatoms. The van der Waals surface area contributed by atoms with Gasteiger partial charge in [0.15, 0.2) is 0 Å². The maximum atomic E-state index is 13.7. The average molecular weight is 427 g/mol. The fraction of sp³-hybridized carbons (Fsp3) is 0.519. The normalized spacial score (nSPS) is 21.6. The van der Waals surface area contributed by atoms with Gasteiger partial charge < -0.3 is 0 Å². The van der Waals surface area contributed by atoms with E-state index >= 15 is 0 Å². The highest BCUT2D eigenvalue weighted by Crippen LogP contribution is 2.35. The summed E-state index contributed by atoms with van der Waals surface area (Å²) in [5, 5.41) is 7.32. The van der Waals surface area contributed by atoms with Gasteiger partial charge in [0.25, 0.3) is 0 Å². The summed E-state index contributed by atoms with van der Waals surface area (Å²) in [6, 6.07) is 21.5. The van der Waals surface area contributed by atoms with Crippen LogP contribution in [0.1, 0.15) is 69.1 Å². The minimum atomic E-state index is -1.30. The molecule has 31 heavy (non-hydrogen) atoms. The second-order valence-corrected chi connectivity index (χ2v) is 8.44. The highest BCUT2D eigenvalue weighted by molar-refractivity contribution is 5.26. The van der Waals surface area contributed by atoms with Crippen LogP contribution in [0.5, 0.6) is 0 Å². The van der Waals surface area contributed by atoms with Gasteiger partial charge in [0.05, 0.1) is 6.07 Å². The van der Waals surface area contributed by atoms with E-state index in [1.54, 1.807) is 6.07 Å². The smallest absolute Gasteiger partial charge is 0.132 e. The van der Waals surface area contributed by atoms with Gasteiger partial charge >= 0.3 is 0 Å². The lowest BCUT2D eigenvalue weighted by Crippen LogP contribution is -2.32. The molecule has 0 spiro atoms. The standard InChI is InChI=1S/C25H33F2N.C2H3N/c1-3-28(18-21-7-5-4-6-8-21)19(2)9-10-20-11-13-22(14-12-20)23-15-16-24(26)25(27)17-23;1-2-3/h4-8,11-14,19,23-25H,3,9-10,15-18H2,1-2H3;1H3. The van der Waals surface area contributed by atoms with Crippen molar-refractivity contribution in [3.8, 4) is 6.07 Å². The van der Waals surface area contributed by atoms with Crippen LogP contribution in [-0.4, -0.2) is 29.8 Å². The van der Waals surface area contributed by atoms with Crippen molar-refractivity contribution in [3.05, 3.63) is 71.3 Å². The molecule has 1 aliphatic carbocycles. The molecule has 1 fully saturated rings. The van der Waals surface area contributed by atoms with E-state index in [2.05, 4.69) is 73.3 Å². The summed E-state index contributed by atoms with van der Waals surface area (Å²) in [6.45, 7) is 7.98. The summed E-state index contributed by atoms with van der Waals surface area (Å²) in [5.74, 6) is 0.163. The summed E-state index contributed by atoms with van der Waals surface area (Å²) in [7, 11) is 0. The zero-order valence-corrected chi connectivity index (χ0v) is 19.1. The molecule has 1 saturated carbocycles. The Morgan fingerprint density at radius 2 is 1.65 bits per heavy atom. The largest absolute Gasteiger partial charge is 0.297 e. The predicted octanol–water partition coefficient (Wildman–Crippen LogP) is 7.00. The summed E-state index contributed by atoms with van der Waals surface area (Å²) >= 11 is 0. The molecule has 168 valence electrons. The number of hydrogen-bond acceptors (Lipinski definition) is 2. The second kappa shape index (κ2) is 13.2. The van der Waals surface area contributed by atoms with E-state index in [0.29, 0.717) is 18.9 Å². The van der Waals surface area contributed by atoms with Crippen LogP contribution < -0.4 is 0 Å². The van der Waals surface area contributed by atoms with Gasteiger partial charge in [-0.25, -0.2) is 8.78 Å². The van der Waals surface area contributed by atoms with Gasteiger partial charge in [-0.05, 0) is 68.2 Å². The van der Waals surface area contributed by atoms with Crippen molar-refractivity contribution in [2.24, 2.45) is 0 Å². The Morgan fingerprint density at radius 1 is 1.00 bits per heavy atom.